The Morgan fingerprint density at radius 3 is 2.55 bits per heavy atom. The standard InChI is InChI=1S/C17H21NO2/c1-4-12-17(13-18,16(19)20-6-3)15(5-2)14-10-8-7-9-11-14/h4,7-11,15H,1,5-6,12H2,2-3H3/t15-,17+/m0/s1. The van der Waals surface area contributed by atoms with Gasteiger partial charge in [0.25, 0.3) is 0 Å². The highest BCUT2D eigenvalue weighted by Crippen LogP contribution is 2.42. The van der Waals surface area contributed by atoms with Crippen LogP contribution in [0.15, 0.2) is 43.0 Å². The lowest BCUT2D eigenvalue weighted by Gasteiger charge is -2.31. The number of hydrogen-bond acceptors (Lipinski definition) is 3. The molecule has 3 nitrogen and oxygen atoms in total. The molecule has 0 amide bonds. The highest BCUT2D eigenvalue weighted by atomic mass is 16.5. The molecule has 0 saturated carbocycles. The molecule has 106 valence electrons. The van der Waals surface area contributed by atoms with Gasteiger partial charge in [-0.15, -0.1) is 6.58 Å². The molecular formula is C17H21NO2. The lowest BCUT2D eigenvalue weighted by molar-refractivity contribution is -0.153. The van der Waals surface area contributed by atoms with E-state index >= 15 is 0 Å². The summed E-state index contributed by atoms with van der Waals surface area (Å²) in [6.07, 6.45) is 2.59. The van der Waals surface area contributed by atoms with Crippen LogP contribution < -0.4 is 0 Å². The van der Waals surface area contributed by atoms with E-state index in [0.717, 1.165) is 5.56 Å². The third-order valence-electron chi connectivity index (χ3n) is 3.51. The molecule has 2 atom stereocenters. The van der Waals surface area contributed by atoms with Crippen LogP contribution in [0.1, 0.15) is 38.2 Å². The maximum atomic E-state index is 12.4. The first kappa shape index (κ1) is 16.0. The Balaban J connectivity index is 3.30. The summed E-state index contributed by atoms with van der Waals surface area (Å²) in [7, 11) is 0. The zero-order chi connectivity index (χ0) is 15.0. The van der Waals surface area contributed by atoms with E-state index in [9.17, 15) is 10.1 Å². The number of carbonyl (C=O) groups is 1. The fourth-order valence-corrected chi connectivity index (χ4v) is 2.58. The number of nitrogens with zero attached hydrogens (tertiary/aromatic N) is 1. The SMILES string of the molecule is C=CC[C@](C#N)(C(=O)OCC)[C@@H](CC)c1ccccc1. The normalized spacial score (nSPS) is 14.7. The van der Waals surface area contributed by atoms with Crippen LogP contribution in [-0.2, 0) is 9.53 Å². The highest BCUT2D eigenvalue weighted by molar-refractivity contribution is 5.81. The summed E-state index contributed by atoms with van der Waals surface area (Å²) in [6.45, 7) is 7.68. The number of hydrogen-bond donors (Lipinski definition) is 0. The fraction of sp³-hybridized carbons (Fsp3) is 0.412. The molecule has 1 aromatic rings. The van der Waals surface area contributed by atoms with Crippen LogP contribution in [0.3, 0.4) is 0 Å². The first-order valence-electron chi connectivity index (χ1n) is 6.90. The van der Waals surface area contributed by atoms with Gasteiger partial charge >= 0.3 is 5.97 Å². The largest absolute Gasteiger partial charge is 0.465 e. The van der Waals surface area contributed by atoms with Crippen LogP contribution in [0, 0.1) is 16.7 Å². The van der Waals surface area contributed by atoms with E-state index in [1.807, 2.05) is 37.3 Å². The van der Waals surface area contributed by atoms with E-state index in [0.29, 0.717) is 6.42 Å². The molecule has 0 aliphatic heterocycles. The number of allylic oxidation sites excluding steroid dienone is 1. The van der Waals surface area contributed by atoms with Crippen molar-refractivity contribution in [1.82, 2.24) is 0 Å². The Hall–Kier alpha value is -2.08. The van der Waals surface area contributed by atoms with E-state index in [1.165, 1.54) is 0 Å². The molecule has 0 radical (unpaired) electrons. The Bertz CT molecular complexity index is 489. The van der Waals surface area contributed by atoms with Crippen LogP contribution >= 0.6 is 0 Å². The minimum atomic E-state index is -1.20. The fourth-order valence-electron chi connectivity index (χ4n) is 2.58. The van der Waals surface area contributed by atoms with Crippen molar-refractivity contribution in [3.63, 3.8) is 0 Å². The Morgan fingerprint density at radius 1 is 1.45 bits per heavy atom. The Labute approximate surface area is 120 Å². The van der Waals surface area contributed by atoms with Gasteiger partial charge < -0.3 is 4.74 Å². The van der Waals surface area contributed by atoms with E-state index in [-0.39, 0.29) is 18.9 Å². The molecule has 1 rings (SSSR count). The van der Waals surface area contributed by atoms with Crippen LogP contribution in [0.5, 0.6) is 0 Å². The monoisotopic (exact) mass is 271 g/mol. The van der Waals surface area contributed by atoms with Gasteiger partial charge in [-0.05, 0) is 25.3 Å². The predicted molar refractivity (Wildman–Crippen MR) is 79.0 cm³/mol. The summed E-state index contributed by atoms with van der Waals surface area (Å²) in [5.74, 6) is -0.663. The summed E-state index contributed by atoms with van der Waals surface area (Å²) in [5, 5.41) is 9.67. The van der Waals surface area contributed by atoms with E-state index in [2.05, 4.69) is 12.6 Å². The average molecular weight is 271 g/mol. The molecule has 0 bridgehead atoms. The summed E-state index contributed by atoms with van der Waals surface area (Å²) in [6, 6.07) is 11.8. The second-order valence-electron chi connectivity index (χ2n) is 4.67. The van der Waals surface area contributed by atoms with Gasteiger partial charge in [0.2, 0.25) is 0 Å². The summed E-state index contributed by atoms with van der Waals surface area (Å²) in [5.41, 5.74) is -0.222. The van der Waals surface area contributed by atoms with Crippen molar-refractivity contribution in [3.05, 3.63) is 48.6 Å². The maximum absolute atomic E-state index is 12.4. The van der Waals surface area contributed by atoms with E-state index in [4.69, 9.17) is 4.74 Å². The highest BCUT2D eigenvalue weighted by Gasteiger charge is 2.46. The topological polar surface area (TPSA) is 50.1 Å². The van der Waals surface area contributed by atoms with Gasteiger partial charge in [-0.2, -0.15) is 5.26 Å². The molecular weight excluding hydrogens is 250 g/mol. The van der Waals surface area contributed by atoms with Crippen molar-refractivity contribution < 1.29 is 9.53 Å². The Morgan fingerprint density at radius 2 is 2.10 bits per heavy atom. The molecule has 0 N–H and O–H groups in total. The second kappa shape index (κ2) is 7.49. The molecule has 0 aliphatic rings. The van der Waals surface area contributed by atoms with E-state index in [1.54, 1.807) is 13.0 Å². The van der Waals surface area contributed by atoms with Crippen molar-refractivity contribution >= 4 is 5.97 Å². The van der Waals surface area contributed by atoms with Gasteiger partial charge in [0, 0.05) is 5.92 Å². The number of nitriles is 1. The predicted octanol–water partition coefficient (Wildman–Crippen LogP) is 3.83. The molecule has 0 spiro atoms. The lowest BCUT2D eigenvalue weighted by atomic mass is 9.69. The molecule has 20 heavy (non-hydrogen) atoms. The van der Waals surface area contributed by atoms with Crippen LogP contribution in [0.2, 0.25) is 0 Å². The first-order valence-corrected chi connectivity index (χ1v) is 6.90. The summed E-state index contributed by atoms with van der Waals surface area (Å²) in [4.78, 5) is 12.4. The molecule has 0 fully saturated rings. The molecule has 0 heterocycles. The zero-order valence-electron chi connectivity index (χ0n) is 12.1. The molecule has 0 unspecified atom stereocenters. The van der Waals surface area contributed by atoms with Crippen molar-refractivity contribution in [1.29, 1.82) is 5.26 Å². The number of carbonyl (C=O) groups excluding carboxylic acids is 1. The quantitative estimate of drug-likeness (QED) is 0.559. The molecule has 0 saturated heterocycles. The van der Waals surface area contributed by atoms with Crippen LogP contribution in [-0.4, -0.2) is 12.6 Å². The van der Waals surface area contributed by atoms with Gasteiger partial charge in [0.15, 0.2) is 5.41 Å². The average Bonchev–Trinajstić information content (AvgIpc) is 2.48. The van der Waals surface area contributed by atoms with Gasteiger partial charge in [0.1, 0.15) is 0 Å². The van der Waals surface area contributed by atoms with Crippen molar-refractivity contribution in [3.8, 4) is 6.07 Å². The minimum Gasteiger partial charge on any atom is -0.465 e. The molecule has 1 aromatic carbocycles. The molecule has 0 aliphatic carbocycles. The zero-order valence-corrected chi connectivity index (χ0v) is 12.1. The van der Waals surface area contributed by atoms with E-state index < -0.39 is 11.4 Å². The van der Waals surface area contributed by atoms with Gasteiger partial charge in [-0.3, -0.25) is 4.79 Å². The third-order valence-corrected chi connectivity index (χ3v) is 3.51. The van der Waals surface area contributed by atoms with Crippen molar-refractivity contribution in [2.75, 3.05) is 6.61 Å². The number of rotatable bonds is 7. The van der Waals surface area contributed by atoms with Gasteiger partial charge in [-0.25, -0.2) is 0 Å². The summed E-state index contributed by atoms with van der Waals surface area (Å²) >= 11 is 0. The van der Waals surface area contributed by atoms with Crippen LogP contribution in [0.4, 0.5) is 0 Å². The van der Waals surface area contributed by atoms with Crippen molar-refractivity contribution in [2.24, 2.45) is 5.41 Å². The second-order valence-corrected chi connectivity index (χ2v) is 4.67. The smallest absolute Gasteiger partial charge is 0.327 e. The van der Waals surface area contributed by atoms with Gasteiger partial charge in [-0.1, -0.05) is 43.3 Å². The first-order chi connectivity index (χ1) is 9.66. The third kappa shape index (κ3) is 3.08. The number of esters is 1. The van der Waals surface area contributed by atoms with Crippen molar-refractivity contribution in [2.45, 2.75) is 32.6 Å². The number of ether oxygens (including phenoxy) is 1. The minimum absolute atomic E-state index is 0.203. The lowest BCUT2D eigenvalue weighted by Crippen LogP contribution is -2.37. The molecule has 3 heteroatoms. The van der Waals surface area contributed by atoms with Crippen LogP contribution in [0.25, 0.3) is 0 Å². The van der Waals surface area contributed by atoms with Gasteiger partial charge in [0.05, 0.1) is 12.7 Å². The Kier molecular flexibility index (Phi) is 5.99. The molecule has 0 aromatic heterocycles. The summed E-state index contributed by atoms with van der Waals surface area (Å²) < 4.78 is 5.15. The maximum Gasteiger partial charge on any atom is 0.327 e. The number of benzene rings is 1.